The first-order valence-electron chi connectivity index (χ1n) is 6.33. The maximum absolute atomic E-state index is 2.47. The van der Waals surface area contributed by atoms with Crippen molar-refractivity contribution in [2.75, 3.05) is 0 Å². The lowest BCUT2D eigenvalue weighted by Crippen LogP contribution is -2.33. The number of fused-ring (bicyclic) bond motifs is 3. The predicted octanol–water partition coefficient (Wildman–Crippen LogP) is 4.19. The first-order chi connectivity index (χ1) is 6.97. The van der Waals surface area contributed by atoms with E-state index in [1.165, 1.54) is 12.8 Å². The molecule has 3 aliphatic carbocycles. The van der Waals surface area contributed by atoms with Crippen LogP contribution in [-0.4, -0.2) is 0 Å². The van der Waals surface area contributed by atoms with Gasteiger partial charge in [0.2, 0.25) is 0 Å². The topological polar surface area (TPSA) is 0 Å². The summed E-state index contributed by atoms with van der Waals surface area (Å²) in [5, 5.41) is 0. The van der Waals surface area contributed by atoms with E-state index >= 15 is 0 Å². The molecular weight excluding hydrogens is 180 g/mol. The van der Waals surface area contributed by atoms with E-state index < -0.39 is 0 Å². The van der Waals surface area contributed by atoms with Crippen LogP contribution in [0, 0.1) is 28.6 Å². The molecule has 0 heteroatoms. The molecule has 0 spiro atoms. The summed E-state index contributed by atoms with van der Waals surface area (Å²) < 4.78 is 0. The van der Waals surface area contributed by atoms with Crippen molar-refractivity contribution in [3.05, 3.63) is 23.8 Å². The Balaban J connectivity index is 2.01. The van der Waals surface area contributed by atoms with Gasteiger partial charge in [-0.25, -0.2) is 0 Å². The molecule has 3 rings (SSSR count). The van der Waals surface area contributed by atoms with Crippen LogP contribution in [-0.2, 0) is 0 Å². The Kier molecular flexibility index (Phi) is 1.67. The predicted molar refractivity (Wildman–Crippen MR) is 64.5 cm³/mol. The SMILES string of the molecule is CC1=CC=CC2(C)CCC3C(C12)C3(C)C. The Morgan fingerprint density at radius 3 is 2.73 bits per heavy atom. The van der Waals surface area contributed by atoms with Gasteiger partial charge in [0.15, 0.2) is 0 Å². The van der Waals surface area contributed by atoms with Gasteiger partial charge in [-0.05, 0) is 48.3 Å². The second-order valence-corrected chi connectivity index (χ2v) is 6.75. The molecule has 0 aromatic carbocycles. The normalized spacial score (nSPS) is 50.4. The van der Waals surface area contributed by atoms with Crippen LogP contribution >= 0.6 is 0 Å². The number of hydrogen-bond donors (Lipinski definition) is 0. The minimum absolute atomic E-state index is 0.466. The van der Waals surface area contributed by atoms with Gasteiger partial charge in [-0.15, -0.1) is 0 Å². The largest absolute Gasteiger partial charge is 0.0780 e. The van der Waals surface area contributed by atoms with Gasteiger partial charge >= 0.3 is 0 Å². The minimum atomic E-state index is 0.466. The molecule has 0 aromatic heterocycles. The van der Waals surface area contributed by atoms with Gasteiger partial charge < -0.3 is 0 Å². The molecule has 0 bridgehead atoms. The molecule has 0 heterocycles. The molecule has 0 aromatic rings. The zero-order chi connectivity index (χ0) is 10.8. The van der Waals surface area contributed by atoms with Gasteiger partial charge in [0.1, 0.15) is 0 Å². The molecule has 0 nitrogen and oxygen atoms in total. The summed E-state index contributed by atoms with van der Waals surface area (Å²) in [7, 11) is 0. The number of rotatable bonds is 0. The highest BCUT2D eigenvalue weighted by Crippen LogP contribution is 2.72. The molecule has 2 saturated carbocycles. The third-order valence-corrected chi connectivity index (χ3v) is 5.53. The molecule has 82 valence electrons. The van der Waals surface area contributed by atoms with E-state index in [1.807, 2.05) is 0 Å². The Bertz CT molecular complexity index is 358. The van der Waals surface area contributed by atoms with Gasteiger partial charge in [0, 0.05) is 0 Å². The fourth-order valence-corrected chi connectivity index (χ4v) is 4.55. The van der Waals surface area contributed by atoms with E-state index in [9.17, 15) is 0 Å². The lowest BCUT2D eigenvalue weighted by Gasteiger charge is -2.42. The first-order valence-corrected chi connectivity index (χ1v) is 6.33. The van der Waals surface area contributed by atoms with Crippen molar-refractivity contribution in [2.45, 2.75) is 40.5 Å². The Morgan fingerprint density at radius 1 is 1.27 bits per heavy atom. The minimum Gasteiger partial charge on any atom is -0.0780 e. The van der Waals surface area contributed by atoms with E-state index in [-0.39, 0.29) is 0 Å². The Hall–Kier alpha value is -0.520. The van der Waals surface area contributed by atoms with Crippen LogP contribution in [0.3, 0.4) is 0 Å². The quantitative estimate of drug-likeness (QED) is 0.552. The van der Waals surface area contributed by atoms with Gasteiger partial charge in [-0.2, -0.15) is 0 Å². The molecule has 3 aliphatic rings. The highest BCUT2D eigenvalue weighted by atomic mass is 14.7. The monoisotopic (exact) mass is 202 g/mol. The van der Waals surface area contributed by atoms with Crippen LogP contribution in [0.1, 0.15) is 40.5 Å². The van der Waals surface area contributed by atoms with Crippen molar-refractivity contribution >= 4 is 0 Å². The molecular formula is C15H22. The van der Waals surface area contributed by atoms with Crippen molar-refractivity contribution in [1.82, 2.24) is 0 Å². The summed E-state index contributed by atoms with van der Waals surface area (Å²) in [6.45, 7) is 9.75. The van der Waals surface area contributed by atoms with E-state index in [2.05, 4.69) is 45.9 Å². The summed E-state index contributed by atoms with van der Waals surface area (Å²) in [4.78, 5) is 0. The molecule has 0 saturated heterocycles. The lowest BCUT2D eigenvalue weighted by molar-refractivity contribution is 0.183. The molecule has 0 amide bonds. The zero-order valence-electron chi connectivity index (χ0n) is 10.4. The van der Waals surface area contributed by atoms with Gasteiger partial charge in [0.05, 0.1) is 0 Å². The summed E-state index contributed by atoms with van der Waals surface area (Å²) in [6.07, 6.45) is 9.92. The van der Waals surface area contributed by atoms with Crippen molar-refractivity contribution in [3.8, 4) is 0 Å². The van der Waals surface area contributed by atoms with Crippen LogP contribution in [0.15, 0.2) is 23.8 Å². The molecule has 2 fully saturated rings. The van der Waals surface area contributed by atoms with Crippen molar-refractivity contribution in [1.29, 1.82) is 0 Å². The summed E-state index contributed by atoms with van der Waals surface area (Å²) in [5.41, 5.74) is 2.71. The number of hydrogen-bond acceptors (Lipinski definition) is 0. The lowest BCUT2D eigenvalue weighted by atomic mass is 9.62. The second kappa shape index (κ2) is 2.59. The summed E-state index contributed by atoms with van der Waals surface area (Å²) >= 11 is 0. The molecule has 0 radical (unpaired) electrons. The van der Waals surface area contributed by atoms with E-state index in [1.54, 1.807) is 5.57 Å². The number of allylic oxidation sites excluding steroid dienone is 4. The van der Waals surface area contributed by atoms with E-state index in [4.69, 9.17) is 0 Å². The second-order valence-electron chi connectivity index (χ2n) is 6.75. The van der Waals surface area contributed by atoms with Crippen LogP contribution in [0.25, 0.3) is 0 Å². The van der Waals surface area contributed by atoms with Crippen LogP contribution in [0.2, 0.25) is 0 Å². The van der Waals surface area contributed by atoms with E-state index in [0.29, 0.717) is 10.8 Å². The van der Waals surface area contributed by atoms with Gasteiger partial charge in [-0.1, -0.05) is 44.6 Å². The molecule has 4 unspecified atom stereocenters. The van der Waals surface area contributed by atoms with Crippen LogP contribution in [0.5, 0.6) is 0 Å². The smallest absolute Gasteiger partial charge is 0.00749 e. The standard InChI is InChI=1S/C15H22/c1-10-6-5-8-15(4)9-7-11-13(12(10)15)14(11,2)3/h5-6,8,11-13H,7,9H2,1-4H3. The molecule has 0 N–H and O–H groups in total. The van der Waals surface area contributed by atoms with Crippen molar-refractivity contribution < 1.29 is 0 Å². The van der Waals surface area contributed by atoms with Crippen LogP contribution in [0.4, 0.5) is 0 Å². The van der Waals surface area contributed by atoms with Gasteiger partial charge in [-0.3, -0.25) is 0 Å². The third kappa shape index (κ3) is 1.08. The molecule has 15 heavy (non-hydrogen) atoms. The third-order valence-electron chi connectivity index (χ3n) is 5.53. The molecule has 4 atom stereocenters. The molecule has 0 aliphatic heterocycles. The van der Waals surface area contributed by atoms with Crippen molar-refractivity contribution in [2.24, 2.45) is 28.6 Å². The Morgan fingerprint density at radius 2 is 2.00 bits per heavy atom. The average Bonchev–Trinajstić information content (AvgIpc) is 2.68. The fraction of sp³-hybridized carbons (Fsp3) is 0.733. The summed E-state index contributed by atoms with van der Waals surface area (Å²) in [5.74, 6) is 2.79. The fourth-order valence-electron chi connectivity index (χ4n) is 4.55. The van der Waals surface area contributed by atoms with Crippen molar-refractivity contribution in [3.63, 3.8) is 0 Å². The highest BCUT2D eigenvalue weighted by Gasteiger charge is 2.66. The Labute approximate surface area is 93.5 Å². The highest BCUT2D eigenvalue weighted by molar-refractivity contribution is 5.32. The zero-order valence-corrected chi connectivity index (χ0v) is 10.4. The summed E-state index contributed by atoms with van der Waals surface area (Å²) in [6, 6.07) is 0. The van der Waals surface area contributed by atoms with Crippen LogP contribution < -0.4 is 0 Å². The average molecular weight is 202 g/mol. The van der Waals surface area contributed by atoms with Gasteiger partial charge in [0.25, 0.3) is 0 Å². The first kappa shape index (κ1) is 9.69. The maximum Gasteiger partial charge on any atom is -0.00749 e. The van der Waals surface area contributed by atoms with E-state index in [0.717, 1.165) is 17.8 Å². The maximum atomic E-state index is 2.47.